The maximum Gasteiger partial charge on any atom is 0.336 e. The number of phenols is 1. The van der Waals surface area contributed by atoms with Crippen molar-refractivity contribution >= 4 is 16.0 Å². The highest BCUT2D eigenvalue weighted by atomic mass is 32.2. The first kappa shape index (κ1) is 24.0. The molecule has 0 aliphatic heterocycles. The van der Waals surface area contributed by atoms with Crippen LogP contribution in [0.1, 0.15) is 65.6 Å². The first-order valence-corrected chi connectivity index (χ1v) is 13.5. The Bertz CT molecular complexity index is 1340. The highest BCUT2D eigenvalue weighted by molar-refractivity contribution is 7.89. The molecule has 6 nitrogen and oxygen atoms in total. The average molecular weight is 500 g/mol. The minimum Gasteiger partial charge on any atom is -0.508 e. The third-order valence-corrected chi connectivity index (χ3v) is 10.2. The summed E-state index contributed by atoms with van der Waals surface area (Å²) in [5, 5.41) is 25.3. The molecule has 2 aromatic rings. The van der Waals surface area contributed by atoms with Crippen LogP contribution in [0.25, 0.3) is 0 Å². The number of sulfonamides is 1. The average Bonchev–Trinajstić information content (AvgIpc) is 3.08. The predicted molar refractivity (Wildman–Crippen MR) is 130 cm³/mol. The number of hydrogen-bond acceptors (Lipinski definition) is 4. The number of alkyl halides is 1. The van der Waals surface area contributed by atoms with Crippen molar-refractivity contribution in [1.82, 2.24) is 0 Å². The Labute approximate surface area is 204 Å². The third kappa shape index (κ3) is 3.37. The number of nitrogens with two attached hydrogens (primary N) is 1. The number of carbonyl (C=O) groups is 1. The van der Waals surface area contributed by atoms with Gasteiger partial charge in [0.05, 0.1) is 10.5 Å². The largest absolute Gasteiger partial charge is 0.508 e. The molecule has 2 saturated carbocycles. The molecule has 0 aromatic heterocycles. The molecule has 0 bridgehead atoms. The smallest absolute Gasteiger partial charge is 0.336 e. The number of rotatable bonds is 4. The van der Waals surface area contributed by atoms with Gasteiger partial charge in [0.2, 0.25) is 10.0 Å². The van der Waals surface area contributed by atoms with E-state index in [1.165, 1.54) is 18.2 Å². The minimum absolute atomic E-state index is 0.0176. The standard InChI is InChI=1S/C27H30FNO5S/c1-3-27-12-11-26(2)21(20(27)9-7-15-13-16(30)8-10-19(15)27)14-18(24(26)28)23-17(25(31)32)5-4-6-22(23)35(29,33)34/h3-6,8,10,13,18,20-21,24,30H,1,7,9,11-12,14H2,2H3,(H,31,32)(H2,29,33,34)/t18-,20?,21?,24-,26-,27+/m0/s1. The van der Waals surface area contributed by atoms with Gasteiger partial charge in [0.15, 0.2) is 0 Å². The van der Waals surface area contributed by atoms with Crippen molar-refractivity contribution < 1.29 is 27.8 Å². The van der Waals surface area contributed by atoms with Crippen LogP contribution in [0.5, 0.6) is 5.75 Å². The molecule has 0 radical (unpaired) electrons. The van der Waals surface area contributed by atoms with E-state index in [0.717, 1.165) is 24.0 Å². The normalized spacial score (nSPS) is 33.9. The monoisotopic (exact) mass is 499 g/mol. The summed E-state index contributed by atoms with van der Waals surface area (Å²) in [6.07, 6.45) is 3.64. The lowest BCUT2D eigenvalue weighted by molar-refractivity contribution is -0.00995. The SMILES string of the molecule is C=C[C@]12CC[C@@]3(C)C(C[C@@H](c4c(C(=O)O)cccc4S(N)(=O)=O)[C@@H]3F)C1CCc1cc(O)ccc12. The van der Waals surface area contributed by atoms with E-state index in [9.17, 15) is 23.4 Å². The van der Waals surface area contributed by atoms with Gasteiger partial charge in [-0.2, -0.15) is 0 Å². The number of aryl methyl sites for hydroxylation is 1. The number of carboxylic acids is 1. The van der Waals surface area contributed by atoms with Crippen LogP contribution in [0, 0.1) is 17.3 Å². The lowest BCUT2D eigenvalue weighted by atomic mass is 9.48. The zero-order valence-electron chi connectivity index (χ0n) is 19.6. The maximum atomic E-state index is 16.5. The second kappa shape index (κ2) is 7.90. The molecule has 4 N–H and O–H groups in total. The quantitative estimate of drug-likeness (QED) is 0.529. The fourth-order valence-electron chi connectivity index (χ4n) is 7.63. The molecule has 5 rings (SSSR count). The number of aromatic carboxylic acids is 1. The lowest BCUT2D eigenvalue weighted by Crippen LogP contribution is -2.51. The van der Waals surface area contributed by atoms with Crippen molar-refractivity contribution in [2.45, 2.75) is 61.4 Å². The molecule has 35 heavy (non-hydrogen) atoms. The first-order valence-electron chi connectivity index (χ1n) is 11.9. The number of hydrogen-bond donors (Lipinski definition) is 3. The summed E-state index contributed by atoms with van der Waals surface area (Å²) in [6.45, 7) is 6.09. The predicted octanol–water partition coefficient (Wildman–Crippen LogP) is 4.67. The Morgan fingerprint density at radius 3 is 2.63 bits per heavy atom. The highest BCUT2D eigenvalue weighted by Gasteiger charge is 2.63. The van der Waals surface area contributed by atoms with Crippen molar-refractivity contribution in [3.63, 3.8) is 0 Å². The van der Waals surface area contributed by atoms with E-state index < -0.39 is 33.5 Å². The number of phenolic OH excluding ortho intramolecular Hbond substituents is 1. The third-order valence-electron chi connectivity index (χ3n) is 9.22. The minimum atomic E-state index is -4.26. The number of allylic oxidation sites excluding steroid dienone is 1. The zero-order valence-corrected chi connectivity index (χ0v) is 20.4. The van der Waals surface area contributed by atoms with E-state index in [-0.39, 0.29) is 39.0 Å². The number of benzene rings is 2. The van der Waals surface area contributed by atoms with Crippen LogP contribution >= 0.6 is 0 Å². The van der Waals surface area contributed by atoms with Gasteiger partial charge < -0.3 is 10.2 Å². The molecular formula is C27H30FNO5S. The summed E-state index contributed by atoms with van der Waals surface area (Å²) in [7, 11) is -4.26. The van der Waals surface area contributed by atoms with Gasteiger partial charge in [-0.05, 0) is 84.9 Å². The molecule has 0 saturated heterocycles. The second-order valence-corrected chi connectivity index (χ2v) is 12.2. The van der Waals surface area contributed by atoms with Gasteiger partial charge in [-0.15, -0.1) is 6.58 Å². The van der Waals surface area contributed by atoms with Gasteiger partial charge in [-0.3, -0.25) is 0 Å². The number of carboxylic acid groups (broad SMARTS) is 1. The molecule has 2 unspecified atom stereocenters. The fraction of sp³-hybridized carbons (Fsp3) is 0.444. The topological polar surface area (TPSA) is 118 Å². The van der Waals surface area contributed by atoms with Crippen LogP contribution in [0.15, 0.2) is 53.9 Å². The van der Waals surface area contributed by atoms with Crippen LogP contribution in [0.3, 0.4) is 0 Å². The fourth-order valence-corrected chi connectivity index (χ4v) is 8.46. The summed E-state index contributed by atoms with van der Waals surface area (Å²) < 4.78 is 41.3. The van der Waals surface area contributed by atoms with Crippen molar-refractivity contribution in [1.29, 1.82) is 0 Å². The van der Waals surface area contributed by atoms with Crippen molar-refractivity contribution in [3.8, 4) is 5.75 Å². The van der Waals surface area contributed by atoms with Gasteiger partial charge >= 0.3 is 5.97 Å². The molecule has 0 amide bonds. The number of primary sulfonamides is 1. The summed E-state index contributed by atoms with van der Waals surface area (Å²) >= 11 is 0. The Hall–Kier alpha value is -2.71. The molecule has 2 aromatic carbocycles. The van der Waals surface area contributed by atoms with E-state index in [4.69, 9.17) is 5.14 Å². The van der Waals surface area contributed by atoms with E-state index in [1.54, 1.807) is 12.1 Å². The van der Waals surface area contributed by atoms with Crippen molar-refractivity contribution in [3.05, 3.63) is 71.3 Å². The van der Waals surface area contributed by atoms with Crippen LogP contribution in [-0.2, 0) is 21.9 Å². The summed E-state index contributed by atoms with van der Waals surface area (Å²) in [4.78, 5) is 11.7. The Kier molecular flexibility index (Phi) is 5.42. The molecule has 0 spiro atoms. The maximum absolute atomic E-state index is 16.5. The molecular weight excluding hydrogens is 469 g/mol. The molecule has 186 valence electrons. The summed E-state index contributed by atoms with van der Waals surface area (Å²) in [5.74, 6) is -2.02. The van der Waals surface area contributed by atoms with Crippen LogP contribution in [0.4, 0.5) is 4.39 Å². The Morgan fingerprint density at radius 2 is 1.97 bits per heavy atom. The van der Waals surface area contributed by atoms with Gasteiger partial charge in [0.25, 0.3) is 0 Å². The Balaban J connectivity index is 1.64. The molecule has 6 atom stereocenters. The van der Waals surface area contributed by atoms with E-state index >= 15 is 4.39 Å². The first-order chi connectivity index (χ1) is 16.4. The van der Waals surface area contributed by atoms with Crippen molar-refractivity contribution in [2.75, 3.05) is 0 Å². The molecule has 8 heteroatoms. The van der Waals surface area contributed by atoms with Gasteiger partial charge in [-0.25, -0.2) is 22.7 Å². The summed E-state index contributed by atoms with van der Waals surface area (Å²) in [5.41, 5.74) is 0.830. The molecule has 3 aliphatic rings. The van der Waals surface area contributed by atoms with Crippen LogP contribution < -0.4 is 5.14 Å². The lowest BCUT2D eigenvalue weighted by Gasteiger charge is -2.55. The van der Waals surface area contributed by atoms with Gasteiger partial charge in [0, 0.05) is 16.7 Å². The van der Waals surface area contributed by atoms with Crippen molar-refractivity contribution in [2.24, 2.45) is 22.4 Å². The second-order valence-electron chi connectivity index (χ2n) is 10.7. The number of aromatic hydroxyl groups is 1. The van der Waals surface area contributed by atoms with Gasteiger partial charge in [0.1, 0.15) is 11.9 Å². The molecule has 3 aliphatic carbocycles. The van der Waals surface area contributed by atoms with Gasteiger partial charge in [-0.1, -0.05) is 25.1 Å². The van der Waals surface area contributed by atoms with E-state index in [0.29, 0.717) is 19.3 Å². The molecule has 0 heterocycles. The summed E-state index contributed by atoms with van der Waals surface area (Å²) in [6, 6.07) is 9.34. The van der Waals surface area contributed by atoms with E-state index in [1.807, 2.05) is 19.1 Å². The Morgan fingerprint density at radius 1 is 1.23 bits per heavy atom. The van der Waals surface area contributed by atoms with E-state index in [2.05, 4.69) is 6.58 Å². The highest BCUT2D eigenvalue weighted by Crippen LogP contribution is 2.67. The number of fused-ring (bicyclic) bond motifs is 5. The zero-order chi connectivity index (χ0) is 25.3. The van der Waals surface area contributed by atoms with Crippen LogP contribution in [-0.4, -0.2) is 30.8 Å². The number of halogens is 1. The van der Waals surface area contributed by atoms with Crippen LogP contribution in [0.2, 0.25) is 0 Å². The molecule has 2 fully saturated rings.